The third kappa shape index (κ3) is 4.20. The maximum Gasteiger partial charge on any atom is 0.306 e. The molecule has 0 spiro atoms. The Kier molecular flexibility index (Phi) is 5.79. The van der Waals surface area contributed by atoms with Crippen molar-refractivity contribution in [1.29, 1.82) is 0 Å². The third-order valence-electron chi connectivity index (χ3n) is 3.92. The number of carbonyl (C=O) groups excluding carboxylic acids is 1. The lowest BCUT2D eigenvalue weighted by Crippen LogP contribution is -2.46. The third-order valence-corrected chi connectivity index (χ3v) is 3.92. The molecule has 0 bridgehead atoms. The van der Waals surface area contributed by atoms with Gasteiger partial charge in [0.1, 0.15) is 0 Å². The molecule has 0 aromatic heterocycles. The van der Waals surface area contributed by atoms with Crippen molar-refractivity contribution in [1.82, 2.24) is 9.80 Å². The summed E-state index contributed by atoms with van der Waals surface area (Å²) in [6.45, 7) is 5.54. The molecule has 5 nitrogen and oxygen atoms in total. The van der Waals surface area contributed by atoms with E-state index < -0.39 is 5.97 Å². The van der Waals surface area contributed by atoms with Crippen molar-refractivity contribution in [3.63, 3.8) is 0 Å². The van der Waals surface area contributed by atoms with Crippen molar-refractivity contribution in [3.05, 3.63) is 0 Å². The van der Waals surface area contributed by atoms with Gasteiger partial charge in [-0.1, -0.05) is 0 Å². The second-order valence-electron chi connectivity index (χ2n) is 5.78. The van der Waals surface area contributed by atoms with Crippen LogP contribution in [-0.2, 0) is 9.59 Å². The van der Waals surface area contributed by atoms with Crippen LogP contribution < -0.4 is 0 Å². The van der Waals surface area contributed by atoms with E-state index in [1.165, 1.54) is 0 Å². The maximum atomic E-state index is 12.5. The largest absolute Gasteiger partial charge is 0.481 e. The number of carboxylic acid groups (broad SMARTS) is 1. The average Bonchev–Trinajstić information content (AvgIpc) is 2.77. The first-order chi connectivity index (χ1) is 8.86. The van der Waals surface area contributed by atoms with Gasteiger partial charge in [0.2, 0.25) is 5.91 Å². The van der Waals surface area contributed by atoms with Crippen LogP contribution in [0.5, 0.6) is 0 Å². The summed E-state index contributed by atoms with van der Waals surface area (Å²) in [6, 6.07) is 0.163. The van der Waals surface area contributed by atoms with Gasteiger partial charge in [-0.05, 0) is 47.2 Å². The topological polar surface area (TPSA) is 60.9 Å². The van der Waals surface area contributed by atoms with Crippen LogP contribution in [0.4, 0.5) is 0 Å². The van der Waals surface area contributed by atoms with Gasteiger partial charge in [0.05, 0.1) is 5.92 Å². The average molecular weight is 270 g/mol. The summed E-state index contributed by atoms with van der Waals surface area (Å²) in [5.74, 6) is -1.08. The summed E-state index contributed by atoms with van der Waals surface area (Å²) in [4.78, 5) is 27.4. The Morgan fingerprint density at radius 1 is 1.26 bits per heavy atom. The highest BCUT2D eigenvalue weighted by Gasteiger charge is 2.36. The van der Waals surface area contributed by atoms with Gasteiger partial charge >= 0.3 is 5.97 Å². The van der Waals surface area contributed by atoms with Crippen molar-refractivity contribution in [2.24, 2.45) is 11.8 Å². The van der Waals surface area contributed by atoms with Crippen molar-refractivity contribution < 1.29 is 14.7 Å². The molecule has 1 rings (SSSR count). The van der Waals surface area contributed by atoms with E-state index in [9.17, 15) is 9.59 Å². The van der Waals surface area contributed by atoms with Crippen LogP contribution in [-0.4, -0.2) is 60.0 Å². The summed E-state index contributed by atoms with van der Waals surface area (Å²) in [5.41, 5.74) is 0. The highest BCUT2D eigenvalue weighted by Crippen LogP contribution is 2.32. The Balaban J connectivity index is 2.62. The summed E-state index contributed by atoms with van der Waals surface area (Å²) in [5, 5.41) is 9.01. The van der Waals surface area contributed by atoms with Gasteiger partial charge in [-0.15, -0.1) is 0 Å². The van der Waals surface area contributed by atoms with E-state index in [0.717, 1.165) is 6.54 Å². The Morgan fingerprint density at radius 3 is 2.26 bits per heavy atom. The van der Waals surface area contributed by atoms with Gasteiger partial charge in [0.25, 0.3) is 0 Å². The number of carboxylic acids is 1. The molecule has 1 fully saturated rings. The van der Waals surface area contributed by atoms with E-state index in [0.29, 0.717) is 25.8 Å². The minimum absolute atomic E-state index is 0.106. The maximum absolute atomic E-state index is 12.5. The molecule has 0 heterocycles. The monoisotopic (exact) mass is 270 g/mol. The van der Waals surface area contributed by atoms with E-state index >= 15 is 0 Å². The molecular weight excluding hydrogens is 244 g/mol. The Labute approximate surface area is 115 Å². The molecule has 5 heteroatoms. The lowest BCUT2D eigenvalue weighted by atomic mass is 10.0. The number of hydrogen-bond donors (Lipinski definition) is 1. The molecule has 19 heavy (non-hydrogen) atoms. The fourth-order valence-electron chi connectivity index (χ4n) is 2.98. The van der Waals surface area contributed by atoms with Crippen LogP contribution in [0.1, 0.15) is 33.1 Å². The van der Waals surface area contributed by atoms with Crippen LogP contribution in [0.15, 0.2) is 0 Å². The summed E-state index contributed by atoms with van der Waals surface area (Å²) >= 11 is 0. The quantitative estimate of drug-likeness (QED) is 0.790. The van der Waals surface area contributed by atoms with Gasteiger partial charge in [0.15, 0.2) is 0 Å². The number of rotatable bonds is 6. The summed E-state index contributed by atoms with van der Waals surface area (Å²) in [7, 11) is 3.98. The predicted molar refractivity (Wildman–Crippen MR) is 73.9 cm³/mol. The van der Waals surface area contributed by atoms with E-state index in [1.54, 1.807) is 0 Å². The van der Waals surface area contributed by atoms with E-state index in [4.69, 9.17) is 5.11 Å². The standard InChI is InChI=1S/C14H26N2O3/c1-5-16(10(2)9-15(3)4)13(17)11-6-7-12(8-11)14(18)19/h10-12H,5-9H2,1-4H3,(H,18,19)/t10?,11-,12+/m1/s1. The van der Waals surface area contributed by atoms with Crippen LogP contribution in [0.25, 0.3) is 0 Å². The molecule has 1 amide bonds. The molecular formula is C14H26N2O3. The molecule has 0 saturated heterocycles. The molecule has 0 aliphatic heterocycles. The minimum Gasteiger partial charge on any atom is -0.481 e. The Bertz CT molecular complexity index is 331. The van der Waals surface area contributed by atoms with Gasteiger partial charge in [-0.25, -0.2) is 0 Å². The number of aliphatic carboxylic acids is 1. The molecule has 1 unspecified atom stereocenters. The first-order valence-corrected chi connectivity index (χ1v) is 7.04. The van der Waals surface area contributed by atoms with Crippen molar-refractivity contribution >= 4 is 11.9 Å². The number of nitrogens with zero attached hydrogens (tertiary/aromatic N) is 2. The van der Waals surface area contributed by atoms with Crippen LogP contribution in [0.2, 0.25) is 0 Å². The Hall–Kier alpha value is -1.10. The SMILES string of the molecule is CCN(C(=O)[C@@H]1CC[C@H](C(=O)O)C1)C(C)CN(C)C. The van der Waals surface area contributed by atoms with Crippen LogP contribution >= 0.6 is 0 Å². The first-order valence-electron chi connectivity index (χ1n) is 7.04. The van der Waals surface area contributed by atoms with Gasteiger partial charge in [0, 0.05) is 25.0 Å². The van der Waals surface area contributed by atoms with Crippen LogP contribution in [0, 0.1) is 11.8 Å². The van der Waals surface area contributed by atoms with Gasteiger partial charge in [-0.3, -0.25) is 9.59 Å². The molecule has 1 saturated carbocycles. The van der Waals surface area contributed by atoms with Crippen molar-refractivity contribution in [2.45, 2.75) is 39.2 Å². The molecule has 3 atom stereocenters. The second-order valence-corrected chi connectivity index (χ2v) is 5.78. The zero-order chi connectivity index (χ0) is 14.6. The normalized spacial score (nSPS) is 24.5. The highest BCUT2D eigenvalue weighted by molar-refractivity contribution is 5.81. The molecule has 1 aliphatic rings. The molecule has 1 aliphatic carbocycles. The molecule has 0 aromatic carbocycles. The number of amides is 1. The lowest BCUT2D eigenvalue weighted by Gasteiger charge is -2.32. The summed E-state index contributed by atoms with van der Waals surface area (Å²) < 4.78 is 0. The van der Waals surface area contributed by atoms with Crippen LogP contribution in [0.3, 0.4) is 0 Å². The molecule has 0 aromatic rings. The van der Waals surface area contributed by atoms with E-state index in [-0.39, 0.29) is 23.8 Å². The Morgan fingerprint density at radius 2 is 1.84 bits per heavy atom. The molecule has 1 N–H and O–H groups in total. The number of hydrogen-bond acceptors (Lipinski definition) is 3. The van der Waals surface area contributed by atoms with Crippen molar-refractivity contribution in [3.8, 4) is 0 Å². The zero-order valence-corrected chi connectivity index (χ0v) is 12.4. The highest BCUT2D eigenvalue weighted by atomic mass is 16.4. The molecule has 0 radical (unpaired) electrons. The zero-order valence-electron chi connectivity index (χ0n) is 12.4. The van der Waals surface area contributed by atoms with Gasteiger partial charge in [-0.2, -0.15) is 0 Å². The lowest BCUT2D eigenvalue weighted by molar-refractivity contribution is -0.142. The number of likely N-dealkylation sites (N-methyl/N-ethyl adjacent to an activating group) is 2. The van der Waals surface area contributed by atoms with Crippen molar-refractivity contribution in [2.75, 3.05) is 27.2 Å². The van der Waals surface area contributed by atoms with Gasteiger partial charge < -0.3 is 14.9 Å². The fraction of sp³-hybridized carbons (Fsp3) is 0.857. The predicted octanol–water partition coefficient (Wildman–Crippen LogP) is 1.29. The summed E-state index contributed by atoms with van der Waals surface area (Å²) in [6.07, 6.45) is 1.84. The fourth-order valence-corrected chi connectivity index (χ4v) is 2.98. The molecule has 110 valence electrons. The first kappa shape index (κ1) is 16.0. The smallest absolute Gasteiger partial charge is 0.306 e. The van der Waals surface area contributed by atoms with E-state index in [1.807, 2.05) is 32.8 Å². The second kappa shape index (κ2) is 6.89. The minimum atomic E-state index is -0.764. The van der Waals surface area contributed by atoms with E-state index in [2.05, 4.69) is 4.90 Å². The number of carbonyl (C=O) groups is 2.